The maximum Gasteiger partial charge on any atom is 0.338 e. The summed E-state index contributed by atoms with van der Waals surface area (Å²) in [7, 11) is 0. The molecule has 0 spiro atoms. The van der Waals surface area contributed by atoms with Crippen LogP contribution < -0.4 is 4.80 Å². The van der Waals surface area contributed by atoms with E-state index in [-0.39, 0.29) is 18.7 Å². The van der Waals surface area contributed by atoms with Gasteiger partial charge in [0.15, 0.2) is 4.80 Å². The summed E-state index contributed by atoms with van der Waals surface area (Å²) >= 11 is 13.2. The molecule has 0 radical (unpaired) electrons. The molecule has 28 heavy (non-hydrogen) atoms. The average Bonchev–Trinajstić information content (AvgIpc) is 2.98. The second-order valence-electron chi connectivity index (χ2n) is 5.65. The van der Waals surface area contributed by atoms with Crippen LogP contribution in [0.2, 0.25) is 10.0 Å². The van der Waals surface area contributed by atoms with Crippen LogP contribution in [0.3, 0.4) is 0 Å². The predicted molar refractivity (Wildman–Crippen MR) is 111 cm³/mol. The van der Waals surface area contributed by atoms with Crippen molar-refractivity contribution in [3.8, 4) is 12.3 Å². The Morgan fingerprint density at radius 2 is 1.89 bits per heavy atom. The van der Waals surface area contributed by atoms with Crippen LogP contribution in [0.15, 0.2) is 41.4 Å². The Morgan fingerprint density at radius 1 is 1.18 bits per heavy atom. The van der Waals surface area contributed by atoms with E-state index in [4.69, 9.17) is 34.4 Å². The lowest BCUT2D eigenvalue weighted by molar-refractivity contribution is 0.0526. The van der Waals surface area contributed by atoms with Crippen molar-refractivity contribution in [2.24, 2.45) is 4.99 Å². The summed E-state index contributed by atoms with van der Waals surface area (Å²) in [4.78, 5) is 29.2. The molecule has 0 unspecified atom stereocenters. The zero-order chi connectivity index (χ0) is 20.3. The van der Waals surface area contributed by atoms with Crippen LogP contribution in [0.1, 0.15) is 27.6 Å². The molecule has 0 N–H and O–H groups in total. The number of thiazole rings is 1. The molecule has 5 nitrogen and oxygen atoms in total. The molecule has 0 saturated carbocycles. The third-order valence-corrected chi connectivity index (χ3v) is 5.23. The Kier molecular flexibility index (Phi) is 6.20. The van der Waals surface area contributed by atoms with E-state index >= 15 is 0 Å². The van der Waals surface area contributed by atoms with Gasteiger partial charge in [-0.15, -0.1) is 6.42 Å². The van der Waals surface area contributed by atoms with Gasteiger partial charge in [0, 0.05) is 15.6 Å². The molecule has 8 heteroatoms. The molecule has 3 rings (SSSR count). The number of carbonyl (C=O) groups is 2. The van der Waals surface area contributed by atoms with Gasteiger partial charge in [0.25, 0.3) is 5.91 Å². The van der Waals surface area contributed by atoms with Crippen LogP contribution in [0.25, 0.3) is 10.2 Å². The first kappa shape index (κ1) is 20.2. The normalized spacial score (nSPS) is 11.4. The molecule has 0 aliphatic heterocycles. The molecule has 0 bridgehead atoms. The predicted octanol–water partition coefficient (Wildman–Crippen LogP) is 4.56. The molecule has 1 amide bonds. The molecule has 0 atom stereocenters. The summed E-state index contributed by atoms with van der Waals surface area (Å²) < 4.78 is 7.53. The van der Waals surface area contributed by atoms with Crippen molar-refractivity contribution >= 4 is 56.6 Å². The minimum Gasteiger partial charge on any atom is -0.462 e. The number of halogens is 2. The van der Waals surface area contributed by atoms with Crippen LogP contribution in [0, 0.1) is 12.3 Å². The average molecular weight is 433 g/mol. The van der Waals surface area contributed by atoms with Crippen LogP contribution in [0.5, 0.6) is 0 Å². The van der Waals surface area contributed by atoms with E-state index in [9.17, 15) is 9.59 Å². The topological polar surface area (TPSA) is 60.7 Å². The summed E-state index contributed by atoms with van der Waals surface area (Å²) in [5, 5.41) is 0.691. The fourth-order valence-corrected chi connectivity index (χ4v) is 4.17. The maximum absolute atomic E-state index is 12.6. The molecule has 142 valence electrons. The Labute approximate surface area is 175 Å². The Balaban J connectivity index is 2.12. The fraction of sp³-hybridized carbons (Fsp3) is 0.150. The Bertz CT molecular complexity index is 1170. The quantitative estimate of drug-likeness (QED) is 0.448. The van der Waals surface area contributed by atoms with Gasteiger partial charge < -0.3 is 9.30 Å². The Morgan fingerprint density at radius 3 is 2.54 bits per heavy atom. The molecule has 1 aromatic heterocycles. The van der Waals surface area contributed by atoms with E-state index in [0.29, 0.717) is 20.4 Å². The number of benzene rings is 2. The van der Waals surface area contributed by atoms with Crippen molar-refractivity contribution < 1.29 is 14.3 Å². The van der Waals surface area contributed by atoms with Gasteiger partial charge in [-0.3, -0.25) is 4.79 Å². The SMILES string of the molecule is C#CCn1c(=NC(=O)c2cc(Cl)cc(Cl)c2)sc2cc(C(=O)OCC)ccc21. The highest BCUT2D eigenvalue weighted by molar-refractivity contribution is 7.16. The van der Waals surface area contributed by atoms with Crippen LogP contribution in [-0.4, -0.2) is 23.1 Å². The molecule has 0 saturated heterocycles. The lowest BCUT2D eigenvalue weighted by Crippen LogP contribution is -2.16. The van der Waals surface area contributed by atoms with Gasteiger partial charge in [0.05, 0.1) is 28.9 Å². The van der Waals surface area contributed by atoms with E-state index in [2.05, 4.69) is 10.9 Å². The monoisotopic (exact) mass is 432 g/mol. The number of aromatic nitrogens is 1. The summed E-state index contributed by atoms with van der Waals surface area (Å²) in [6.07, 6.45) is 5.48. The van der Waals surface area contributed by atoms with Gasteiger partial charge >= 0.3 is 5.97 Å². The summed E-state index contributed by atoms with van der Waals surface area (Å²) in [6.45, 7) is 2.25. The number of hydrogen-bond acceptors (Lipinski definition) is 4. The molecule has 0 aliphatic carbocycles. The minimum absolute atomic E-state index is 0.223. The van der Waals surface area contributed by atoms with Crippen LogP contribution in [-0.2, 0) is 11.3 Å². The summed E-state index contributed by atoms with van der Waals surface area (Å²) in [5.74, 6) is 1.65. The maximum atomic E-state index is 12.6. The third-order valence-electron chi connectivity index (χ3n) is 3.75. The molecular weight excluding hydrogens is 419 g/mol. The first-order chi connectivity index (χ1) is 13.4. The zero-order valence-corrected chi connectivity index (χ0v) is 17.1. The van der Waals surface area contributed by atoms with Crippen molar-refractivity contribution in [2.75, 3.05) is 6.61 Å². The molecule has 0 aliphatic rings. The summed E-state index contributed by atoms with van der Waals surface area (Å²) in [5.41, 5.74) is 1.46. The van der Waals surface area contributed by atoms with E-state index in [1.807, 2.05) is 0 Å². The number of terminal acetylenes is 1. The minimum atomic E-state index is -0.493. The highest BCUT2D eigenvalue weighted by Gasteiger charge is 2.13. The number of esters is 1. The highest BCUT2D eigenvalue weighted by Crippen LogP contribution is 2.21. The fourth-order valence-electron chi connectivity index (χ4n) is 2.57. The largest absolute Gasteiger partial charge is 0.462 e. The molecule has 3 aromatic rings. The van der Waals surface area contributed by atoms with Gasteiger partial charge in [-0.2, -0.15) is 4.99 Å². The molecule has 1 heterocycles. The van der Waals surface area contributed by atoms with Crippen molar-refractivity contribution in [3.05, 3.63) is 62.4 Å². The molecule has 0 fully saturated rings. The third kappa shape index (κ3) is 4.28. The van der Waals surface area contributed by atoms with E-state index in [1.54, 1.807) is 29.7 Å². The van der Waals surface area contributed by atoms with Gasteiger partial charge in [0.2, 0.25) is 0 Å². The Hall–Kier alpha value is -2.59. The first-order valence-electron chi connectivity index (χ1n) is 8.22. The van der Waals surface area contributed by atoms with Crippen molar-refractivity contribution in [1.82, 2.24) is 4.57 Å². The van der Waals surface area contributed by atoms with E-state index < -0.39 is 11.9 Å². The summed E-state index contributed by atoms with van der Waals surface area (Å²) in [6, 6.07) is 9.64. The number of carbonyl (C=O) groups excluding carboxylic acids is 2. The lowest BCUT2D eigenvalue weighted by Gasteiger charge is -2.03. The zero-order valence-electron chi connectivity index (χ0n) is 14.7. The van der Waals surface area contributed by atoms with Crippen LogP contribution in [0.4, 0.5) is 0 Å². The van der Waals surface area contributed by atoms with Gasteiger partial charge in [-0.25, -0.2) is 4.79 Å². The van der Waals surface area contributed by atoms with Gasteiger partial charge in [-0.05, 0) is 43.3 Å². The number of rotatable bonds is 4. The van der Waals surface area contributed by atoms with Crippen molar-refractivity contribution in [3.63, 3.8) is 0 Å². The number of hydrogen-bond donors (Lipinski definition) is 0. The number of amides is 1. The number of fused-ring (bicyclic) bond motifs is 1. The molecular formula is C20H14Cl2N2O3S. The second-order valence-corrected chi connectivity index (χ2v) is 7.53. The van der Waals surface area contributed by atoms with E-state index in [1.165, 1.54) is 29.5 Å². The lowest BCUT2D eigenvalue weighted by atomic mass is 10.2. The smallest absolute Gasteiger partial charge is 0.338 e. The van der Waals surface area contributed by atoms with Crippen molar-refractivity contribution in [1.29, 1.82) is 0 Å². The number of ether oxygens (including phenoxy) is 1. The first-order valence-corrected chi connectivity index (χ1v) is 9.79. The molecule has 2 aromatic carbocycles. The second kappa shape index (κ2) is 8.61. The van der Waals surface area contributed by atoms with Gasteiger partial charge in [-0.1, -0.05) is 40.5 Å². The van der Waals surface area contributed by atoms with Crippen LogP contribution >= 0.6 is 34.5 Å². The van der Waals surface area contributed by atoms with Crippen molar-refractivity contribution in [2.45, 2.75) is 13.5 Å². The standard InChI is InChI=1S/C20H14Cl2N2O3S/c1-3-7-24-16-6-5-12(19(26)27-4-2)10-17(16)28-20(24)23-18(25)13-8-14(21)11-15(22)9-13/h1,5-6,8-11H,4,7H2,2H3. The highest BCUT2D eigenvalue weighted by atomic mass is 35.5. The van der Waals surface area contributed by atoms with Gasteiger partial charge in [0.1, 0.15) is 0 Å². The number of nitrogens with zero attached hydrogens (tertiary/aromatic N) is 2. The van der Waals surface area contributed by atoms with E-state index in [0.717, 1.165) is 10.2 Å².